The molecule has 0 unspecified atom stereocenters. The molecule has 1 aromatic heterocycles. The highest BCUT2D eigenvalue weighted by Gasteiger charge is 2.18. The van der Waals surface area contributed by atoms with Crippen molar-refractivity contribution in [3.8, 4) is 17.4 Å². The molecule has 3 rings (SSSR count). The summed E-state index contributed by atoms with van der Waals surface area (Å²) in [4.78, 5) is 19.6. The van der Waals surface area contributed by atoms with Crippen LogP contribution in [0.4, 0.5) is 0 Å². The largest absolute Gasteiger partial charge is 0.480 e. The van der Waals surface area contributed by atoms with Crippen LogP contribution in [0.25, 0.3) is 11.5 Å². The van der Waals surface area contributed by atoms with Gasteiger partial charge in [0.2, 0.25) is 5.89 Å². The van der Waals surface area contributed by atoms with Gasteiger partial charge < -0.3 is 14.6 Å². The minimum atomic E-state index is -1.05. The number of hydrogen-bond acceptors (Lipinski definition) is 5. The Morgan fingerprint density at radius 2 is 1.76 bits per heavy atom. The fraction of sp³-hybridized carbons (Fsp3) is 0.105. The van der Waals surface area contributed by atoms with E-state index in [1.54, 1.807) is 12.1 Å². The van der Waals surface area contributed by atoms with Gasteiger partial charge in [0.1, 0.15) is 0 Å². The number of benzene rings is 2. The van der Waals surface area contributed by atoms with E-state index < -0.39 is 18.0 Å². The van der Waals surface area contributed by atoms with Gasteiger partial charge in [0.05, 0.1) is 6.21 Å². The van der Waals surface area contributed by atoms with Crippen molar-refractivity contribution in [1.82, 2.24) is 4.98 Å². The van der Waals surface area contributed by atoms with Crippen LogP contribution in [0.1, 0.15) is 11.3 Å². The van der Waals surface area contributed by atoms with Crippen LogP contribution < -0.4 is 0 Å². The lowest BCUT2D eigenvalue weighted by Gasteiger charge is -2.06. The number of aromatic hydroxyl groups is 1. The third-order valence-electron chi connectivity index (χ3n) is 3.59. The second-order valence-corrected chi connectivity index (χ2v) is 5.40. The van der Waals surface area contributed by atoms with Crippen molar-refractivity contribution in [2.24, 2.45) is 4.99 Å². The second-order valence-electron chi connectivity index (χ2n) is 5.40. The maximum atomic E-state index is 11.4. The summed E-state index contributed by atoms with van der Waals surface area (Å²) in [6, 6.07) is 17.3. The second kappa shape index (κ2) is 7.44. The molecule has 0 fully saturated rings. The summed E-state index contributed by atoms with van der Waals surface area (Å²) in [7, 11) is 0. The molecule has 126 valence electrons. The van der Waals surface area contributed by atoms with Gasteiger partial charge in [-0.3, -0.25) is 4.99 Å². The lowest BCUT2D eigenvalue weighted by Crippen LogP contribution is -2.20. The molecule has 0 amide bonds. The van der Waals surface area contributed by atoms with E-state index in [1.807, 2.05) is 48.5 Å². The Bertz CT molecular complexity index is 873. The SMILES string of the molecule is O=C(O)[C@H](Cc1ccccc1)N=Cc1nc(-c2ccccc2)oc1O. The van der Waals surface area contributed by atoms with Gasteiger partial charge in [0, 0.05) is 12.0 Å². The highest BCUT2D eigenvalue weighted by molar-refractivity contribution is 5.84. The molecule has 0 aliphatic carbocycles. The van der Waals surface area contributed by atoms with Crippen LogP contribution in [-0.4, -0.2) is 33.4 Å². The van der Waals surface area contributed by atoms with E-state index in [2.05, 4.69) is 9.98 Å². The maximum absolute atomic E-state index is 11.4. The summed E-state index contributed by atoms with van der Waals surface area (Å²) in [6.45, 7) is 0. The first-order valence-electron chi connectivity index (χ1n) is 7.68. The van der Waals surface area contributed by atoms with Gasteiger partial charge in [-0.2, -0.15) is 0 Å². The molecule has 3 aromatic rings. The molecule has 0 bridgehead atoms. The van der Waals surface area contributed by atoms with Crippen LogP contribution in [0, 0.1) is 0 Å². The van der Waals surface area contributed by atoms with Crippen LogP contribution in [0.5, 0.6) is 5.95 Å². The van der Waals surface area contributed by atoms with E-state index in [1.165, 1.54) is 6.21 Å². The fourth-order valence-electron chi connectivity index (χ4n) is 2.31. The first-order valence-corrected chi connectivity index (χ1v) is 7.68. The van der Waals surface area contributed by atoms with E-state index in [4.69, 9.17) is 4.42 Å². The minimum absolute atomic E-state index is 0.0955. The number of carbonyl (C=O) groups is 1. The molecule has 6 heteroatoms. The summed E-state index contributed by atoms with van der Waals surface area (Å²) >= 11 is 0. The fourth-order valence-corrected chi connectivity index (χ4v) is 2.31. The molecule has 0 aliphatic rings. The Balaban J connectivity index is 1.80. The first kappa shape index (κ1) is 16.4. The lowest BCUT2D eigenvalue weighted by molar-refractivity contribution is -0.138. The van der Waals surface area contributed by atoms with Gasteiger partial charge in [-0.25, -0.2) is 9.78 Å². The van der Waals surface area contributed by atoms with Gasteiger partial charge in [-0.05, 0) is 17.7 Å². The quantitative estimate of drug-likeness (QED) is 0.674. The Hall–Kier alpha value is -3.41. The summed E-state index contributed by atoms with van der Waals surface area (Å²) in [5, 5.41) is 19.2. The van der Waals surface area contributed by atoms with Crippen LogP contribution in [0.2, 0.25) is 0 Å². The average molecular weight is 336 g/mol. The summed E-state index contributed by atoms with van der Waals surface area (Å²) in [6.07, 6.45) is 1.48. The third kappa shape index (κ3) is 4.11. The molecule has 0 aliphatic heterocycles. The van der Waals surface area contributed by atoms with Crippen molar-refractivity contribution in [2.75, 3.05) is 0 Å². The molecular formula is C19H16N2O4. The van der Waals surface area contributed by atoms with E-state index in [0.29, 0.717) is 5.56 Å². The molecule has 0 saturated carbocycles. The predicted molar refractivity (Wildman–Crippen MR) is 92.8 cm³/mol. The summed E-state index contributed by atoms with van der Waals surface area (Å²) in [5.41, 5.74) is 1.66. The predicted octanol–water partition coefficient (Wildman–Crippen LogP) is 3.16. The van der Waals surface area contributed by atoms with Crippen LogP contribution >= 0.6 is 0 Å². The molecule has 2 N–H and O–H groups in total. The Kier molecular flexibility index (Phi) is 4.89. The Morgan fingerprint density at radius 1 is 1.12 bits per heavy atom. The van der Waals surface area contributed by atoms with Crippen molar-refractivity contribution in [3.05, 3.63) is 71.9 Å². The van der Waals surface area contributed by atoms with Gasteiger partial charge in [0.25, 0.3) is 0 Å². The van der Waals surface area contributed by atoms with E-state index in [9.17, 15) is 15.0 Å². The van der Waals surface area contributed by atoms with Crippen molar-refractivity contribution < 1.29 is 19.4 Å². The number of aliphatic imine (C=N–C) groups is 1. The number of aromatic nitrogens is 1. The maximum Gasteiger partial charge on any atom is 0.328 e. The average Bonchev–Trinajstić information content (AvgIpc) is 3.01. The van der Waals surface area contributed by atoms with Crippen LogP contribution in [0.3, 0.4) is 0 Å². The molecule has 0 spiro atoms. The molecule has 6 nitrogen and oxygen atoms in total. The molecule has 25 heavy (non-hydrogen) atoms. The van der Waals surface area contributed by atoms with Crippen LogP contribution in [0.15, 0.2) is 70.1 Å². The number of aliphatic carboxylic acids is 1. The molecular weight excluding hydrogens is 320 g/mol. The van der Waals surface area contributed by atoms with Crippen molar-refractivity contribution in [2.45, 2.75) is 12.5 Å². The zero-order valence-corrected chi connectivity index (χ0v) is 13.2. The van der Waals surface area contributed by atoms with E-state index >= 15 is 0 Å². The third-order valence-corrected chi connectivity index (χ3v) is 3.59. The Morgan fingerprint density at radius 3 is 2.40 bits per heavy atom. The summed E-state index contributed by atoms with van der Waals surface area (Å²) < 4.78 is 5.22. The minimum Gasteiger partial charge on any atom is -0.480 e. The zero-order chi connectivity index (χ0) is 17.6. The number of rotatable bonds is 6. The highest BCUT2D eigenvalue weighted by atomic mass is 16.5. The zero-order valence-electron chi connectivity index (χ0n) is 13.2. The molecule has 0 saturated heterocycles. The normalized spacial score (nSPS) is 12.3. The number of nitrogens with zero attached hydrogens (tertiary/aromatic N) is 2. The smallest absolute Gasteiger partial charge is 0.328 e. The molecule has 2 aromatic carbocycles. The standard InChI is InChI=1S/C19H16N2O4/c22-18(23)15(11-13-7-3-1-4-8-13)20-12-16-19(24)25-17(21-16)14-9-5-2-6-10-14/h1-10,12,15,24H,11H2,(H,22,23)/t15-/m0/s1. The topological polar surface area (TPSA) is 95.9 Å². The van der Waals surface area contributed by atoms with E-state index in [0.717, 1.165) is 5.56 Å². The van der Waals surface area contributed by atoms with Crippen LogP contribution in [-0.2, 0) is 11.2 Å². The number of carboxylic acids is 1. The van der Waals surface area contributed by atoms with Gasteiger partial charge in [0.15, 0.2) is 11.7 Å². The van der Waals surface area contributed by atoms with Crippen molar-refractivity contribution in [1.29, 1.82) is 0 Å². The number of carboxylic acid groups (broad SMARTS) is 1. The Labute approximate surface area is 144 Å². The summed E-state index contributed by atoms with van der Waals surface area (Å²) in [5.74, 6) is -1.20. The van der Waals surface area contributed by atoms with Gasteiger partial charge >= 0.3 is 11.9 Å². The van der Waals surface area contributed by atoms with Crippen molar-refractivity contribution in [3.63, 3.8) is 0 Å². The van der Waals surface area contributed by atoms with E-state index in [-0.39, 0.29) is 18.0 Å². The number of hydrogen-bond donors (Lipinski definition) is 2. The monoisotopic (exact) mass is 336 g/mol. The van der Waals surface area contributed by atoms with Crippen molar-refractivity contribution >= 4 is 12.2 Å². The molecule has 1 atom stereocenters. The number of oxazole rings is 1. The first-order chi connectivity index (χ1) is 12.1. The molecule has 1 heterocycles. The lowest BCUT2D eigenvalue weighted by atomic mass is 10.1. The van der Waals surface area contributed by atoms with Gasteiger partial charge in [-0.15, -0.1) is 0 Å². The van der Waals surface area contributed by atoms with Gasteiger partial charge in [-0.1, -0.05) is 48.5 Å². The highest BCUT2D eigenvalue weighted by Crippen LogP contribution is 2.25. The molecule has 0 radical (unpaired) electrons.